The molecule has 0 aliphatic carbocycles. The van der Waals surface area contributed by atoms with E-state index in [0.717, 1.165) is 29.2 Å². The lowest BCUT2D eigenvalue weighted by Gasteiger charge is -2.35. The summed E-state index contributed by atoms with van der Waals surface area (Å²) in [7, 11) is 0. The van der Waals surface area contributed by atoms with Crippen LogP contribution in [0.25, 0.3) is 0 Å². The zero-order valence-corrected chi connectivity index (χ0v) is 15.2. The third-order valence-corrected chi connectivity index (χ3v) is 6.02. The predicted octanol–water partition coefficient (Wildman–Crippen LogP) is 2.83. The van der Waals surface area contributed by atoms with Crippen LogP contribution < -0.4 is 4.90 Å². The van der Waals surface area contributed by atoms with E-state index < -0.39 is 0 Å². The van der Waals surface area contributed by atoms with Crippen molar-refractivity contribution in [1.82, 2.24) is 9.88 Å². The van der Waals surface area contributed by atoms with Gasteiger partial charge in [0, 0.05) is 43.9 Å². The van der Waals surface area contributed by atoms with Crippen LogP contribution in [0.2, 0.25) is 0 Å². The number of carbonyl (C=O) groups excluding carboxylic acids is 1. The van der Waals surface area contributed by atoms with Crippen LogP contribution in [0.5, 0.6) is 0 Å². The lowest BCUT2D eigenvalue weighted by Crippen LogP contribution is -2.49. The van der Waals surface area contributed by atoms with Crippen molar-refractivity contribution in [3.8, 4) is 6.07 Å². The fraction of sp³-hybridized carbons (Fsp3) is 0.421. The summed E-state index contributed by atoms with van der Waals surface area (Å²) in [6.45, 7) is 3.44. The number of anilines is 1. The number of nitrogens with zero attached hydrogens (tertiary/aromatic N) is 4. The Bertz CT molecular complexity index is 830. The molecule has 2 aromatic heterocycles. The highest BCUT2D eigenvalue weighted by atomic mass is 32.1. The van der Waals surface area contributed by atoms with Crippen LogP contribution in [-0.4, -0.2) is 48.6 Å². The molecule has 0 aromatic carbocycles. The molecule has 4 heterocycles. The summed E-state index contributed by atoms with van der Waals surface area (Å²) < 4.78 is 5.71. The smallest absolute Gasteiger partial charge is 0.264 e. The van der Waals surface area contributed by atoms with Gasteiger partial charge >= 0.3 is 0 Å². The largest absolute Gasteiger partial charge is 0.373 e. The highest BCUT2D eigenvalue weighted by molar-refractivity contribution is 7.14. The fourth-order valence-corrected chi connectivity index (χ4v) is 4.52. The standard InChI is InChI=1S/C19H20N4O2S/c20-13-14-3-1-7-21-18(14)22-8-10-23(11-9-22)19(24)17-6-5-16(26-17)15-4-2-12-25-15/h1,3,5-7,15H,2,4,8-12H2/t15-/m1/s1. The quantitative estimate of drug-likeness (QED) is 0.833. The highest BCUT2D eigenvalue weighted by Crippen LogP contribution is 2.33. The zero-order chi connectivity index (χ0) is 17.9. The van der Waals surface area contributed by atoms with Gasteiger partial charge in [-0.15, -0.1) is 11.3 Å². The number of rotatable bonds is 3. The van der Waals surface area contributed by atoms with Gasteiger partial charge in [-0.25, -0.2) is 4.98 Å². The van der Waals surface area contributed by atoms with E-state index in [1.54, 1.807) is 29.7 Å². The molecule has 7 heteroatoms. The van der Waals surface area contributed by atoms with E-state index in [9.17, 15) is 10.1 Å². The number of pyridine rings is 1. The van der Waals surface area contributed by atoms with Gasteiger partial charge < -0.3 is 14.5 Å². The number of thiophene rings is 1. The van der Waals surface area contributed by atoms with Crippen molar-refractivity contribution in [1.29, 1.82) is 5.26 Å². The van der Waals surface area contributed by atoms with Crippen LogP contribution in [0, 0.1) is 11.3 Å². The van der Waals surface area contributed by atoms with Gasteiger partial charge in [-0.2, -0.15) is 5.26 Å². The molecule has 6 nitrogen and oxygen atoms in total. The average Bonchev–Trinajstić information content (AvgIpc) is 3.39. The number of hydrogen-bond acceptors (Lipinski definition) is 6. The van der Waals surface area contributed by atoms with Crippen LogP contribution in [0.3, 0.4) is 0 Å². The maximum absolute atomic E-state index is 12.8. The highest BCUT2D eigenvalue weighted by Gasteiger charge is 2.26. The molecule has 0 unspecified atom stereocenters. The Balaban J connectivity index is 1.40. The van der Waals surface area contributed by atoms with Crippen molar-refractivity contribution >= 4 is 23.1 Å². The molecule has 0 bridgehead atoms. The lowest BCUT2D eigenvalue weighted by molar-refractivity contribution is 0.0751. The molecule has 26 heavy (non-hydrogen) atoms. The minimum atomic E-state index is 0.0837. The first-order valence-corrected chi connectivity index (χ1v) is 9.68. The maximum Gasteiger partial charge on any atom is 0.264 e. The van der Waals surface area contributed by atoms with E-state index in [4.69, 9.17) is 4.74 Å². The van der Waals surface area contributed by atoms with Crippen LogP contribution in [0.1, 0.15) is 39.1 Å². The summed E-state index contributed by atoms with van der Waals surface area (Å²) in [5.74, 6) is 0.791. The molecule has 0 saturated carbocycles. The molecular weight excluding hydrogens is 348 g/mol. The summed E-state index contributed by atoms with van der Waals surface area (Å²) in [5, 5.41) is 9.24. The van der Waals surface area contributed by atoms with E-state index in [-0.39, 0.29) is 12.0 Å². The molecule has 1 atom stereocenters. The number of piperazine rings is 1. The molecule has 2 aliphatic heterocycles. The van der Waals surface area contributed by atoms with E-state index in [0.29, 0.717) is 37.6 Å². The van der Waals surface area contributed by atoms with Crippen LogP contribution >= 0.6 is 11.3 Å². The first kappa shape index (κ1) is 17.0. The maximum atomic E-state index is 12.8. The van der Waals surface area contributed by atoms with Gasteiger partial charge in [0.1, 0.15) is 11.9 Å². The average molecular weight is 368 g/mol. The summed E-state index contributed by atoms with van der Waals surface area (Å²) in [6.07, 6.45) is 3.99. The van der Waals surface area contributed by atoms with Crippen LogP contribution in [0.15, 0.2) is 30.5 Å². The third-order valence-electron chi connectivity index (χ3n) is 4.86. The van der Waals surface area contributed by atoms with E-state index in [2.05, 4.69) is 16.0 Å². The Labute approximate surface area is 156 Å². The van der Waals surface area contributed by atoms with Crippen molar-refractivity contribution in [3.05, 3.63) is 45.8 Å². The minimum Gasteiger partial charge on any atom is -0.373 e. The van der Waals surface area contributed by atoms with Crippen molar-refractivity contribution in [3.63, 3.8) is 0 Å². The Morgan fingerprint density at radius 2 is 2.12 bits per heavy atom. The molecular formula is C19H20N4O2S. The van der Waals surface area contributed by atoms with Gasteiger partial charge in [0.2, 0.25) is 0 Å². The van der Waals surface area contributed by atoms with E-state index in [1.165, 1.54) is 0 Å². The Morgan fingerprint density at radius 3 is 2.85 bits per heavy atom. The topological polar surface area (TPSA) is 69.5 Å². The molecule has 2 aliphatic rings. The Kier molecular flexibility index (Phi) is 4.87. The normalized spacial score (nSPS) is 20.2. The molecule has 1 amide bonds. The van der Waals surface area contributed by atoms with Crippen molar-refractivity contribution in [2.24, 2.45) is 0 Å². The Hall–Kier alpha value is -2.43. The van der Waals surface area contributed by atoms with Crippen molar-refractivity contribution in [2.75, 3.05) is 37.7 Å². The second kappa shape index (κ2) is 7.44. The molecule has 0 radical (unpaired) electrons. The number of amides is 1. The Morgan fingerprint density at radius 1 is 1.27 bits per heavy atom. The minimum absolute atomic E-state index is 0.0837. The SMILES string of the molecule is N#Cc1cccnc1N1CCN(C(=O)c2ccc([C@H]3CCCO3)s2)CC1. The number of ether oxygens (including phenoxy) is 1. The monoisotopic (exact) mass is 368 g/mol. The van der Waals surface area contributed by atoms with Crippen LogP contribution in [-0.2, 0) is 4.74 Å². The zero-order valence-electron chi connectivity index (χ0n) is 14.4. The summed E-state index contributed by atoms with van der Waals surface area (Å²) in [5.41, 5.74) is 0.576. The van der Waals surface area contributed by atoms with Gasteiger partial charge in [-0.3, -0.25) is 4.79 Å². The third kappa shape index (κ3) is 3.30. The van der Waals surface area contributed by atoms with Gasteiger partial charge in [0.15, 0.2) is 0 Å². The first-order chi connectivity index (χ1) is 12.8. The second-order valence-corrected chi connectivity index (χ2v) is 7.58. The van der Waals surface area contributed by atoms with Gasteiger partial charge in [0.25, 0.3) is 5.91 Å². The summed E-state index contributed by atoms with van der Waals surface area (Å²) in [4.78, 5) is 23.0. The first-order valence-electron chi connectivity index (χ1n) is 8.87. The molecule has 2 aromatic rings. The molecule has 2 saturated heterocycles. The fourth-order valence-electron chi connectivity index (χ4n) is 3.46. The number of hydrogen-bond donors (Lipinski definition) is 0. The predicted molar refractivity (Wildman–Crippen MR) is 99.3 cm³/mol. The number of aromatic nitrogens is 1. The van der Waals surface area contributed by atoms with E-state index in [1.807, 2.05) is 17.0 Å². The molecule has 0 spiro atoms. The second-order valence-electron chi connectivity index (χ2n) is 6.47. The summed E-state index contributed by atoms with van der Waals surface area (Å²) in [6, 6.07) is 9.68. The van der Waals surface area contributed by atoms with Gasteiger partial charge in [-0.1, -0.05) is 0 Å². The van der Waals surface area contributed by atoms with Gasteiger partial charge in [0.05, 0.1) is 16.5 Å². The molecule has 0 N–H and O–H groups in total. The van der Waals surface area contributed by atoms with E-state index >= 15 is 0 Å². The van der Waals surface area contributed by atoms with Gasteiger partial charge in [-0.05, 0) is 37.1 Å². The lowest BCUT2D eigenvalue weighted by atomic mass is 10.2. The van der Waals surface area contributed by atoms with Crippen molar-refractivity contribution < 1.29 is 9.53 Å². The molecule has 134 valence electrons. The summed E-state index contributed by atoms with van der Waals surface area (Å²) >= 11 is 1.55. The van der Waals surface area contributed by atoms with Crippen LogP contribution in [0.4, 0.5) is 5.82 Å². The number of nitriles is 1. The molecule has 4 rings (SSSR count). The number of carbonyl (C=O) groups is 1. The van der Waals surface area contributed by atoms with Crippen molar-refractivity contribution in [2.45, 2.75) is 18.9 Å². The molecule has 2 fully saturated rings.